The topological polar surface area (TPSA) is 86.8 Å². The Morgan fingerprint density at radius 1 is 1.17 bits per heavy atom. The molecule has 7 nitrogen and oxygen atoms in total. The van der Waals surface area contributed by atoms with Crippen LogP contribution in [0.4, 0.5) is 10.1 Å². The fourth-order valence-electron chi connectivity index (χ4n) is 4.79. The van der Waals surface area contributed by atoms with Crippen LogP contribution in [0, 0.1) is 17.2 Å². The number of aromatic nitrogens is 4. The highest BCUT2D eigenvalue weighted by Crippen LogP contribution is 2.37. The number of amides is 1. The third-order valence-electron chi connectivity index (χ3n) is 6.66. The van der Waals surface area contributed by atoms with Crippen LogP contribution in [0.5, 0.6) is 0 Å². The van der Waals surface area contributed by atoms with Crippen molar-refractivity contribution in [3.8, 4) is 11.4 Å². The molecule has 2 heterocycles. The average molecular weight is 415 g/mol. The summed E-state index contributed by atoms with van der Waals surface area (Å²) >= 11 is 0. The number of H-pyrrole nitrogens is 1. The summed E-state index contributed by atoms with van der Waals surface area (Å²) in [5, 5.41) is 17.0. The van der Waals surface area contributed by atoms with Gasteiger partial charge in [-0.2, -0.15) is 5.21 Å². The molecule has 8 heteroatoms. The molecule has 1 aliphatic heterocycles. The summed E-state index contributed by atoms with van der Waals surface area (Å²) in [4.78, 5) is 15.1. The van der Waals surface area contributed by atoms with E-state index in [4.69, 9.17) is 0 Å². The third kappa shape index (κ3) is 4.32. The van der Waals surface area contributed by atoms with Crippen LogP contribution < -0.4 is 10.2 Å². The number of carbonyl (C=O) groups excluding carboxylic acids is 1. The zero-order valence-corrected chi connectivity index (χ0v) is 18.0. The zero-order valence-electron chi connectivity index (χ0n) is 18.0. The Morgan fingerprint density at radius 2 is 1.87 bits per heavy atom. The molecule has 0 unspecified atom stereocenters. The van der Waals surface area contributed by atoms with Crippen molar-refractivity contribution in [1.82, 2.24) is 25.9 Å². The van der Waals surface area contributed by atoms with E-state index in [2.05, 4.69) is 51.6 Å². The van der Waals surface area contributed by atoms with Crippen molar-refractivity contribution >= 4 is 11.6 Å². The van der Waals surface area contributed by atoms with Gasteiger partial charge in [-0.15, -0.1) is 10.2 Å². The molecule has 2 fully saturated rings. The van der Waals surface area contributed by atoms with Gasteiger partial charge in [0.2, 0.25) is 5.82 Å². The van der Waals surface area contributed by atoms with Crippen molar-refractivity contribution in [1.29, 1.82) is 0 Å². The number of rotatable bonds is 4. The lowest BCUT2D eigenvalue weighted by Crippen LogP contribution is -2.38. The van der Waals surface area contributed by atoms with Crippen LogP contribution in [0.2, 0.25) is 0 Å². The molecule has 30 heavy (non-hydrogen) atoms. The Hall–Kier alpha value is -2.51. The molecule has 2 aromatic rings. The van der Waals surface area contributed by atoms with E-state index in [1.54, 1.807) is 0 Å². The Labute approximate surface area is 176 Å². The summed E-state index contributed by atoms with van der Waals surface area (Å²) in [6.07, 6.45) is 6.18. The smallest absolute Gasteiger partial charge is 0.255 e. The molecular weight excluding hydrogens is 383 g/mol. The van der Waals surface area contributed by atoms with Crippen LogP contribution in [-0.2, 0) is 0 Å². The van der Waals surface area contributed by atoms with Crippen molar-refractivity contribution < 1.29 is 9.18 Å². The first-order chi connectivity index (χ1) is 14.3. The van der Waals surface area contributed by atoms with Crippen molar-refractivity contribution in [2.45, 2.75) is 65.3 Å². The first-order valence-electron chi connectivity index (χ1n) is 11.0. The van der Waals surface area contributed by atoms with E-state index >= 15 is 4.39 Å². The molecular formula is C22H31FN6O. The number of carbonyl (C=O) groups is 1. The highest BCUT2D eigenvalue weighted by molar-refractivity contribution is 6.01. The lowest BCUT2D eigenvalue weighted by atomic mass is 9.75. The summed E-state index contributed by atoms with van der Waals surface area (Å²) < 4.78 is 15.3. The van der Waals surface area contributed by atoms with Crippen molar-refractivity contribution in [2.75, 3.05) is 18.0 Å². The highest BCUT2D eigenvalue weighted by Gasteiger charge is 2.30. The zero-order chi connectivity index (χ0) is 21.3. The normalized spacial score (nSPS) is 18.7. The first-order valence-corrected chi connectivity index (χ1v) is 11.0. The maximum Gasteiger partial charge on any atom is 0.255 e. The summed E-state index contributed by atoms with van der Waals surface area (Å²) in [7, 11) is 0. The molecule has 1 amide bonds. The summed E-state index contributed by atoms with van der Waals surface area (Å²) in [5.41, 5.74) is 1.41. The second-order valence-electron chi connectivity index (χ2n) is 9.67. The van der Waals surface area contributed by atoms with Gasteiger partial charge in [-0.3, -0.25) is 4.79 Å². The van der Waals surface area contributed by atoms with E-state index in [9.17, 15) is 4.79 Å². The minimum absolute atomic E-state index is 0.00312. The van der Waals surface area contributed by atoms with Crippen LogP contribution >= 0.6 is 0 Å². The number of hydrogen-bond donors (Lipinski definition) is 2. The van der Waals surface area contributed by atoms with Gasteiger partial charge in [-0.1, -0.05) is 33.6 Å². The van der Waals surface area contributed by atoms with Crippen molar-refractivity contribution in [3.63, 3.8) is 0 Å². The van der Waals surface area contributed by atoms with Gasteiger partial charge >= 0.3 is 0 Å². The second-order valence-corrected chi connectivity index (χ2v) is 9.67. The van der Waals surface area contributed by atoms with E-state index in [1.165, 1.54) is 6.07 Å². The van der Waals surface area contributed by atoms with E-state index in [1.807, 2.05) is 6.07 Å². The van der Waals surface area contributed by atoms with Crippen LogP contribution in [0.25, 0.3) is 11.4 Å². The largest absolute Gasteiger partial charge is 0.371 e. The first kappa shape index (κ1) is 20.8. The van der Waals surface area contributed by atoms with Gasteiger partial charge in [-0.05, 0) is 54.4 Å². The SMILES string of the molecule is CC(C)(C)C1CCN(c2cc(F)c(C(=O)NC3CCCC3)c(-c3nn[nH]n3)c2)CC1. The molecule has 0 bridgehead atoms. The maximum atomic E-state index is 15.3. The predicted molar refractivity (Wildman–Crippen MR) is 114 cm³/mol. The van der Waals surface area contributed by atoms with Gasteiger partial charge < -0.3 is 10.2 Å². The molecule has 0 spiro atoms. The van der Waals surface area contributed by atoms with Crippen LogP contribution in [0.3, 0.4) is 0 Å². The number of benzene rings is 1. The molecule has 162 valence electrons. The van der Waals surface area contributed by atoms with E-state index in [0.717, 1.165) is 57.3 Å². The number of anilines is 1. The second kappa shape index (κ2) is 8.32. The molecule has 1 saturated heterocycles. The lowest BCUT2D eigenvalue weighted by Gasteiger charge is -2.40. The highest BCUT2D eigenvalue weighted by atomic mass is 19.1. The quantitative estimate of drug-likeness (QED) is 0.791. The Balaban J connectivity index is 1.62. The molecule has 2 N–H and O–H groups in total. The molecule has 4 rings (SSSR count). The number of piperidine rings is 1. The number of nitrogens with zero attached hydrogens (tertiary/aromatic N) is 4. The lowest BCUT2D eigenvalue weighted by molar-refractivity contribution is 0.0934. The number of hydrogen-bond acceptors (Lipinski definition) is 5. The molecule has 2 aliphatic rings. The summed E-state index contributed by atoms with van der Waals surface area (Å²) in [5.74, 6) is -0.0680. The Morgan fingerprint density at radius 3 is 2.47 bits per heavy atom. The van der Waals surface area contributed by atoms with Gasteiger partial charge in [0.25, 0.3) is 5.91 Å². The van der Waals surface area contributed by atoms with Gasteiger partial charge in [0.1, 0.15) is 5.82 Å². The number of nitrogens with one attached hydrogen (secondary N) is 2. The van der Waals surface area contributed by atoms with Crippen molar-refractivity contribution in [3.05, 3.63) is 23.5 Å². The van der Waals surface area contributed by atoms with Gasteiger partial charge in [-0.25, -0.2) is 4.39 Å². The summed E-state index contributed by atoms with van der Waals surface area (Å²) in [6.45, 7) is 8.55. The van der Waals surface area contributed by atoms with Crippen LogP contribution in [-0.4, -0.2) is 45.7 Å². The van der Waals surface area contributed by atoms with E-state index in [-0.39, 0.29) is 22.8 Å². The number of tetrazole rings is 1. The van der Waals surface area contributed by atoms with Gasteiger partial charge in [0, 0.05) is 30.4 Å². The Kier molecular flexibility index (Phi) is 5.75. The molecule has 1 aromatic heterocycles. The maximum absolute atomic E-state index is 15.3. The standard InChI is InChI=1S/C22H31FN6O/c1-22(2,3)14-8-10-29(11-9-14)16-12-17(20-25-27-28-26-20)19(18(23)13-16)21(30)24-15-6-4-5-7-15/h12-15H,4-11H2,1-3H3,(H,24,30)(H,25,26,27,28). The number of halogens is 1. The van der Waals surface area contributed by atoms with Crippen molar-refractivity contribution in [2.24, 2.45) is 11.3 Å². The molecule has 1 aliphatic carbocycles. The summed E-state index contributed by atoms with van der Waals surface area (Å²) in [6, 6.07) is 3.41. The fourth-order valence-corrected chi connectivity index (χ4v) is 4.79. The van der Waals surface area contributed by atoms with E-state index in [0.29, 0.717) is 11.5 Å². The molecule has 1 saturated carbocycles. The van der Waals surface area contributed by atoms with Gasteiger partial charge in [0.05, 0.1) is 5.56 Å². The minimum atomic E-state index is -0.541. The average Bonchev–Trinajstić information content (AvgIpc) is 3.41. The monoisotopic (exact) mass is 414 g/mol. The molecule has 0 atom stereocenters. The van der Waals surface area contributed by atoms with E-state index < -0.39 is 11.7 Å². The van der Waals surface area contributed by atoms with Gasteiger partial charge in [0.15, 0.2) is 0 Å². The Bertz CT molecular complexity index is 878. The third-order valence-corrected chi connectivity index (χ3v) is 6.66. The number of aromatic amines is 1. The minimum Gasteiger partial charge on any atom is -0.371 e. The molecule has 1 aromatic carbocycles. The predicted octanol–water partition coefficient (Wildman–Crippen LogP) is 3.94. The molecule has 0 radical (unpaired) electrons. The fraction of sp³-hybridized carbons (Fsp3) is 0.636. The van der Waals surface area contributed by atoms with Crippen LogP contribution in [0.15, 0.2) is 12.1 Å². The van der Waals surface area contributed by atoms with Crippen LogP contribution in [0.1, 0.15) is 69.7 Å².